The minimum Gasteiger partial charge on any atom is -0.292 e. The molecule has 0 fully saturated rings. The van der Waals surface area contributed by atoms with Crippen LogP contribution in [0.2, 0.25) is 0 Å². The molecule has 0 saturated carbocycles. The maximum Gasteiger partial charge on any atom is 0.0329 e. The van der Waals surface area contributed by atoms with Gasteiger partial charge in [0.2, 0.25) is 0 Å². The normalized spacial score (nSPS) is 16.3. The molecule has 0 aliphatic carbocycles. The second kappa shape index (κ2) is 5.82. The number of fused-ring (bicyclic) bond motifs is 2. The Bertz CT molecular complexity index is 844. The van der Waals surface area contributed by atoms with Crippen molar-refractivity contribution in [2.45, 2.75) is 32.9 Å². The highest BCUT2D eigenvalue weighted by atomic mass is 15.2. The Balaban J connectivity index is 1.68. The smallest absolute Gasteiger partial charge is 0.0329 e. The van der Waals surface area contributed by atoms with Crippen molar-refractivity contribution in [3.63, 3.8) is 0 Å². The van der Waals surface area contributed by atoms with E-state index in [0.29, 0.717) is 6.04 Å². The Hall–Kier alpha value is -2.12. The fourth-order valence-electron chi connectivity index (χ4n) is 3.85. The van der Waals surface area contributed by atoms with Crippen molar-refractivity contribution in [1.82, 2.24) is 4.90 Å². The number of hydrogen-bond acceptors (Lipinski definition) is 1. The van der Waals surface area contributed by atoms with Gasteiger partial charge in [-0.15, -0.1) is 0 Å². The first-order valence-electron chi connectivity index (χ1n) is 8.52. The maximum atomic E-state index is 2.61. The van der Waals surface area contributed by atoms with Crippen molar-refractivity contribution < 1.29 is 0 Å². The predicted octanol–water partition coefficient (Wildman–Crippen LogP) is 5.27. The monoisotopic (exact) mass is 301 g/mol. The van der Waals surface area contributed by atoms with Crippen LogP contribution in [0.3, 0.4) is 0 Å². The molecule has 0 radical (unpaired) electrons. The summed E-state index contributed by atoms with van der Waals surface area (Å²) in [4.78, 5) is 2.61. The zero-order chi connectivity index (χ0) is 15.8. The van der Waals surface area contributed by atoms with Crippen LogP contribution in [0.1, 0.15) is 35.2 Å². The van der Waals surface area contributed by atoms with Gasteiger partial charge in [-0.1, -0.05) is 66.2 Å². The van der Waals surface area contributed by atoms with Crippen LogP contribution in [0.5, 0.6) is 0 Å². The van der Waals surface area contributed by atoms with Gasteiger partial charge in [-0.3, -0.25) is 4.90 Å². The van der Waals surface area contributed by atoms with Crippen molar-refractivity contribution in [3.8, 4) is 0 Å². The van der Waals surface area contributed by atoms with Gasteiger partial charge in [-0.05, 0) is 47.7 Å². The summed E-state index contributed by atoms with van der Waals surface area (Å²) in [5, 5.41) is 2.72. The summed E-state index contributed by atoms with van der Waals surface area (Å²) in [5.41, 5.74) is 5.84. The van der Waals surface area contributed by atoms with Crippen molar-refractivity contribution in [2.75, 3.05) is 6.54 Å². The summed E-state index contributed by atoms with van der Waals surface area (Å²) >= 11 is 0. The third-order valence-electron chi connectivity index (χ3n) is 5.22. The molecule has 0 spiro atoms. The first kappa shape index (κ1) is 14.5. The molecule has 4 rings (SSSR count). The van der Waals surface area contributed by atoms with Crippen LogP contribution in [0.15, 0.2) is 60.7 Å². The number of aryl methyl sites for hydroxylation is 1. The molecule has 0 aromatic heterocycles. The lowest BCUT2D eigenvalue weighted by molar-refractivity contribution is 0.193. The van der Waals surface area contributed by atoms with Crippen LogP contribution in [0.4, 0.5) is 0 Å². The highest BCUT2D eigenvalue weighted by Crippen LogP contribution is 2.31. The largest absolute Gasteiger partial charge is 0.292 e. The molecule has 1 aliphatic heterocycles. The topological polar surface area (TPSA) is 3.24 Å². The van der Waals surface area contributed by atoms with E-state index in [1.807, 2.05) is 0 Å². The van der Waals surface area contributed by atoms with Gasteiger partial charge in [0, 0.05) is 19.1 Å². The molecule has 1 heterocycles. The van der Waals surface area contributed by atoms with Crippen LogP contribution in [-0.4, -0.2) is 11.4 Å². The molecule has 3 aromatic carbocycles. The van der Waals surface area contributed by atoms with E-state index in [4.69, 9.17) is 0 Å². The van der Waals surface area contributed by atoms with Crippen molar-refractivity contribution in [2.24, 2.45) is 0 Å². The van der Waals surface area contributed by atoms with Crippen molar-refractivity contribution in [3.05, 3.63) is 82.9 Å². The molecule has 0 amide bonds. The average Bonchev–Trinajstić information content (AvgIpc) is 2.60. The lowest BCUT2D eigenvalue weighted by atomic mass is 9.94. The minimum absolute atomic E-state index is 0.440. The zero-order valence-corrected chi connectivity index (χ0v) is 13.9. The fraction of sp³-hybridized carbons (Fsp3) is 0.273. The Morgan fingerprint density at radius 3 is 2.65 bits per heavy atom. The maximum absolute atomic E-state index is 2.61. The second-order valence-electron chi connectivity index (χ2n) is 6.74. The molecule has 1 aliphatic rings. The molecule has 1 unspecified atom stereocenters. The van der Waals surface area contributed by atoms with E-state index in [0.717, 1.165) is 19.5 Å². The number of rotatable bonds is 2. The van der Waals surface area contributed by atoms with Gasteiger partial charge in [-0.25, -0.2) is 0 Å². The molecule has 0 saturated heterocycles. The first-order chi connectivity index (χ1) is 11.2. The summed E-state index contributed by atoms with van der Waals surface area (Å²) in [6.45, 7) is 6.73. The Morgan fingerprint density at radius 1 is 0.913 bits per heavy atom. The Morgan fingerprint density at radius 2 is 1.74 bits per heavy atom. The number of benzene rings is 3. The quantitative estimate of drug-likeness (QED) is 0.623. The third-order valence-corrected chi connectivity index (χ3v) is 5.22. The molecule has 1 heteroatoms. The molecule has 1 atom stereocenters. The van der Waals surface area contributed by atoms with Crippen LogP contribution < -0.4 is 0 Å². The molecular weight excluding hydrogens is 278 g/mol. The number of nitrogens with zero attached hydrogens (tertiary/aromatic N) is 1. The molecule has 1 nitrogen and oxygen atoms in total. The molecule has 0 bridgehead atoms. The van der Waals surface area contributed by atoms with Crippen molar-refractivity contribution in [1.29, 1.82) is 0 Å². The van der Waals surface area contributed by atoms with E-state index in [9.17, 15) is 0 Å². The standard InChI is InChI=1S/C22H23N/c1-16-10-11-18-12-13-23(15-20(18)14-16)17(2)21-9-5-7-19-6-3-4-8-22(19)21/h3-11,14,17H,12-13,15H2,1-2H3. The number of hydrogen-bond donors (Lipinski definition) is 0. The summed E-state index contributed by atoms with van der Waals surface area (Å²) in [6.07, 6.45) is 1.16. The van der Waals surface area contributed by atoms with Crippen LogP contribution in [0, 0.1) is 6.92 Å². The first-order valence-corrected chi connectivity index (χ1v) is 8.52. The van der Waals surface area contributed by atoms with Crippen LogP contribution in [-0.2, 0) is 13.0 Å². The van der Waals surface area contributed by atoms with E-state index in [1.54, 1.807) is 0 Å². The predicted molar refractivity (Wildman–Crippen MR) is 97.7 cm³/mol. The molecule has 0 N–H and O–H groups in total. The summed E-state index contributed by atoms with van der Waals surface area (Å²) in [5.74, 6) is 0. The van der Waals surface area contributed by atoms with E-state index in [1.165, 1.54) is 33.0 Å². The van der Waals surface area contributed by atoms with Gasteiger partial charge < -0.3 is 0 Å². The van der Waals surface area contributed by atoms with Gasteiger partial charge >= 0.3 is 0 Å². The van der Waals surface area contributed by atoms with Gasteiger partial charge in [0.05, 0.1) is 0 Å². The zero-order valence-electron chi connectivity index (χ0n) is 13.9. The van der Waals surface area contributed by atoms with Gasteiger partial charge in [0.1, 0.15) is 0 Å². The molecular formula is C22H23N. The summed E-state index contributed by atoms with van der Waals surface area (Å²) in [6, 6.07) is 22.8. The molecule has 116 valence electrons. The van der Waals surface area contributed by atoms with E-state index in [-0.39, 0.29) is 0 Å². The van der Waals surface area contributed by atoms with E-state index >= 15 is 0 Å². The summed E-state index contributed by atoms with van der Waals surface area (Å²) < 4.78 is 0. The highest BCUT2D eigenvalue weighted by Gasteiger charge is 2.22. The van der Waals surface area contributed by atoms with Crippen LogP contribution >= 0.6 is 0 Å². The van der Waals surface area contributed by atoms with E-state index < -0.39 is 0 Å². The average molecular weight is 301 g/mol. The minimum atomic E-state index is 0.440. The lowest BCUT2D eigenvalue weighted by Crippen LogP contribution is -2.33. The lowest BCUT2D eigenvalue weighted by Gasteiger charge is -2.34. The fourth-order valence-corrected chi connectivity index (χ4v) is 3.85. The molecule has 23 heavy (non-hydrogen) atoms. The Kier molecular flexibility index (Phi) is 3.66. The summed E-state index contributed by atoms with van der Waals surface area (Å²) in [7, 11) is 0. The highest BCUT2D eigenvalue weighted by molar-refractivity contribution is 5.86. The van der Waals surface area contributed by atoms with E-state index in [2.05, 4.69) is 79.4 Å². The van der Waals surface area contributed by atoms with Gasteiger partial charge in [-0.2, -0.15) is 0 Å². The second-order valence-corrected chi connectivity index (χ2v) is 6.74. The SMILES string of the molecule is Cc1ccc2c(c1)CN(C(C)c1cccc3ccccc13)CC2. The molecule has 3 aromatic rings. The van der Waals surface area contributed by atoms with Crippen molar-refractivity contribution >= 4 is 10.8 Å². The third kappa shape index (κ3) is 2.66. The Labute approximate surface area is 138 Å². The van der Waals surface area contributed by atoms with Gasteiger partial charge in [0.25, 0.3) is 0 Å². The van der Waals surface area contributed by atoms with Crippen LogP contribution in [0.25, 0.3) is 10.8 Å². The van der Waals surface area contributed by atoms with Gasteiger partial charge in [0.15, 0.2) is 0 Å².